The minimum absolute atomic E-state index is 0.0747. The second kappa shape index (κ2) is 7.36. The monoisotopic (exact) mass is 404 g/mol. The van der Waals surface area contributed by atoms with Crippen LogP contribution in [0.15, 0.2) is 18.7 Å². The van der Waals surface area contributed by atoms with Crippen molar-refractivity contribution in [1.29, 1.82) is 0 Å². The highest BCUT2D eigenvalue weighted by Crippen LogP contribution is 2.35. The van der Waals surface area contributed by atoms with Crippen molar-refractivity contribution >= 4 is 22.9 Å². The number of nitrogens with zero attached hydrogens (tertiary/aromatic N) is 6. The molecule has 1 amide bonds. The Morgan fingerprint density at radius 3 is 2.79 bits per heavy atom. The van der Waals surface area contributed by atoms with E-state index in [1.807, 2.05) is 0 Å². The number of aliphatic hydroxyl groups is 3. The lowest BCUT2D eigenvalue weighted by Gasteiger charge is -2.17. The molecule has 1 aliphatic rings. The maximum Gasteiger partial charge on any atom is 0.254 e. The van der Waals surface area contributed by atoms with Gasteiger partial charge in [0.05, 0.1) is 37.4 Å². The zero-order valence-corrected chi connectivity index (χ0v) is 15.4. The maximum atomic E-state index is 11.7. The van der Waals surface area contributed by atoms with Crippen LogP contribution in [0, 0.1) is 5.92 Å². The van der Waals surface area contributed by atoms with Gasteiger partial charge in [0.1, 0.15) is 11.6 Å². The van der Waals surface area contributed by atoms with E-state index in [-0.39, 0.29) is 42.1 Å². The van der Waals surface area contributed by atoms with Crippen molar-refractivity contribution in [2.45, 2.75) is 18.4 Å². The molecule has 3 aromatic rings. The van der Waals surface area contributed by atoms with E-state index in [1.165, 1.54) is 35.0 Å². The molecular weight excluding hydrogens is 384 g/mol. The molecule has 29 heavy (non-hydrogen) atoms. The fraction of sp³-hybridized carbons (Fsp3) is 0.438. The Balaban J connectivity index is 1.76. The van der Waals surface area contributed by atoms with E-state index in [9.17, 15) is 20.1 Å². The van der Waals surface area contributed by atoms with E-state index in [0.717, 1.165) is 0 Å². The van der Waals surface area contributed by atoms with Crippen molar-refractivity contribution in [2.24, 2.45) is 5.92 Å². The third kappa shape index (κ3) is 3.09. The summed E-state index contributed by atoms with van der Waals surface area (Å²) in [5, 5.41) is 36.1. The Morgan fingerprint density at radius 2 is 2.14 bits per heavy atom. The zero-order valence-electron chi connectivity index (χ0n) is 15.4. The summed E-state index contributed by atoms with van der Waals surface area (Å²) in [5.74, 6) is -0.812. The van der Waals surface area contributed by atoms with Crippen LogP contribution in [0.3, 0.4) is 0 Å². The van der Waals surface area contributed by atoms with Crippen LogP contribution < -0.4 is 11.1 Å². The lowest BCUT2D eigenvalue weighted by molar-refractivity contribution is -0.0496. The number of carbonyl (C=O) groups excluding carboxylic acids is 1. The third-order valence-corrected chi connectivity index (χ3v) is 4.90. The number of anilines is 1. The molecule has 0 spiro atoms. The number of ether oxygens (including phenoxy) is 1. The van der Waals surface area contributed by atoms with E-state index >= 15 is 0 Å². The van der Waals surface area contributed by atoms with Gasteiger partial charge in [0.15, 0.2) is 17.7 Å². The molecule has 3 aromatic heterocycles. The molecule has 154 valence electrons. The lowest BCUT2D eigenvalue weighted by atomic mass is 9.99. The molecule has 13 heteroatoms. The first-order valence-corrected chi connectivity index (χ1v) is 8.80. The number of nitrogen functional groups attached to an aromatic ring is 1. The standard InChI is InChI=1S/C16H20N8O5/c1-18-14(28)7-2-20-24(3-7)16-21-12(17)10-13(22-16)23(6-19-10)15-11(27)8(4-25)9(5-26)29-15/h2-3,6,8-9,11,15,25-27H,4-5H2,1H3,(H,18,28)(H2,17,21,22)/t8?,9-,11+,15-/m1/s1. The highest BCUT2D eigenvalue weighted by atomic mass is 16.5. The van der Waals surface area contributed by atoms with E-state index in [1.54, 1.807) is 0 Å². The Labute approximate surface area is 163 Å². The predicted molar refractivity (Wildman–Crippen MR) is 97.8 cm³/mol. The van der Waals surface area contributed by atoms with Crippen molar-refractivity contribution in [3.63, 3.8) is 0 Å². The molecule has 0 radical (unpaired) electrons. The van der Waals surface area contributed by atoms with Crippen LogP contribution in [0.25, 0.3) is 17.1 Å². The first-order chi connectivity index (χ1) is 14.0. The van der Waals surface area contributed by atoms with E-state index in [2.05, 4.69) is 25.4 Å². The summed E-state index contributed by atoms with van der Waals surface area (Å²) in [7, 11) is 1.50. The van der Waals surface area contributed by atoms with E-state index in [0.29, 0.717) is 5.56 Å². The quantitative estimate of drug-likeness (QED) is 0.313. The van der Waals surface area contributed by atoms with Crippen LogP contribution in [-0.4, -0.2) is 83.0 Å². The SMILES string of the molecule is CNC(=O)c1cnn(-c2nc(N)c3ncn([C@@H]4O[C@H](CO)C(CO)[C@@H]4O)c3n2)c1. The number of imidazole rings is 1. The summed E-state index contributed by atoms with van der Waals surface area (Å²) in [6.07, 6.45) is 1.43. The van der Waals surface area contributed by atoms with Gasteiger partial charge in [-0.2, -0.15) is 15.1 Å². The molecular formula is C16H20N8O5. The summed E-state index contributed by atoms with van der Waals surface area (Å²) in [6.45, 7) is -0.712. The van der Waals surface area contributed by atoms with Gasteiger partial charge in [-0.1, -0.05) is 0 Å². The van der Waals surface area contributed by atoms with Gasteiger partial charge in [-0.3, -0.25) is 9.36 Å². The van der Waals surface area contributed by atoms with Crippen molar-refractivity contribution in [3.05, 3.63) is 24.3 Å². The maximum absolute atomic E-state index is 11.7. The molecule has 1 saturated heterocycles. The third-order valence-electron chi connectivity index (χ3n) is 4.90. The summed E-state index contributed by atoms with van der Waals surface area (Å²) in [4.78, 5) is 24.5. The Hall–Kier alpha value is -3.13. The Morgan fingerprint density at radius 1 is 1.34 bits per heavy atom. The van der Waals surface area contributed by atoms with Gasteiger partial charge in [-0.05, 0) is 0 Å². The predicted octanol–water partition coefficient (Wildman–Crippen LogP) is -2.19. The van der Waals surface area contributed by atoms with Crippen LogP contribution in [0.2, 0.25) is 0 Å². The van der Waals surface area contributed by atoms with Gasteiger partial charge in [0.25, 0.3) is 11.9 Å². The number of hydrogen-bond acceptors (Lipinski definition) is 10. The summed E-state index contributed by atoms with van der Waals surface area (Å²) < 4.78 is 8.45. The zero-order chi connectivity index (χ0) is 20.7. The molecule has 4 atom stereocenters. The van der Waals surface area contributed by atoms with Crippen LogP contribution >= 0.6 is 0 Å². The van der Waals surface area contributed by atoms with Crippen LogP contribution in [0.1, 0.15) is 16.6 Å². The number of rotatable bonds is 5. The number of nitrogens with two attached hydrogens (primary N) is 1. The summed E-state index contributed by atoms with van der Waals surface area (Å²) >= 11 is 0. The largest absolute Gasteiger partial charge is 0.396 e. The number of fused-ring (bicyclic) bond motifs is 1. The topological polar surface area (TPSA) is 186 Å². The first-order valence-electron chi connectivity index (χ1n) is 8.80. The van der Waals surface area contributed by atoms with Gasteiger partial charge in [-0.15, -0.1) is 0 Å². The van der Waals surface area contributed by atoms with Gasteiger partial charge < -0.3 is 31.1 Å². The van der Waals surface area contributed by atoms with Crippen LogP contribution in [-0.2, 0) is 4.74 Å². The first kappa shape index (κ1) is 19.2. The molecule has 4 heterocycles. The normalized spacial score (nSPS) is 24.3. The highest BCUT2D eigenvalue weighted by Gasteiger charge is 2.44. The molecule has 1 fully saturated rings. The molecule has 1 aliphatic heterocycles. The van der Waals surface area contributed by atoms with Crippen LogP contribution in [0.5, 0.6) is 0 Å². The fourth-order valence-electron chi connectivity index (χ4n) is 3.33. The van der Waals surface area contributed by atoms with Crippen molar-refractivity contribution in [2.75, 3.05) is 26.0 Å². The molecule has 0 saturated carbocycles. The van der Waals surface area contributed by atoms with Crippen molar-refractivity contribution < 1.29 is 24.9 Å². The smallest absolute Gasteiger partial charge is 0.254 e. The average Bonchev–Trinajstić information content (AvgIpc) is 3.43. The summed E-state index contributed by atoms with van der Waals surface area (Å²) in [6, 6.07) is 0. The van der Waals surface area contributed by atoms with E-state index < -0.39 is 24.4 Å². The molecule has 0 bridgehead atoms. The molecule has 0 aromatic carbocycles. The number of nitrogens with one attached hydrogen (secondary N) is 1. The second-order valence-corrected chi connectivity index (χ2v) is 6.57. The van der Waals surface area contributed by atoms with Gasteiger partial charge in [0, 0.05) is 19.2 Å². The number of amides is 1. The Kier molecular flexibility index (Phi) is 4.87. The second-order valence-electron chi connectivity index (χ2n) is 6.57. The molecule has 1 unspecified atom stereocenters. The number of carbonyl (C=O) groups is 1. The summed E-state index contributed by atoms with van der Waals surface area (Å²) in [5.41, 5.74) is 6.88. The molecule has 4 rings (SSSR count). The van der Waals surface area contributed by atoms with Gasteiger partial charge in [-0.25, -0.2) is 9.67 Å². The molecule has 13 nitrogen and oxygen atoms in total. The van der Waals surface area contributed by atoms with Crippen molar-refractivity contribution in [1.82, 2.24) is 34.6 Å². The van der Waals surface area contributed by atoms with Crippen molar-refractivity contribution in [3.8, 4) is 5.95 Å². The Bertz CT molecular complexity index is 1050. The number of aliphatic hydroxyl groups excluding tert-OH is 3. The lowest BCUT2D eigenvalue weighted by Crippen LogP contribution is -2.30. The fourth-order valence-corrected chi connectivity index (χ4v) is 3.33. The minimum atomic E-state index is -1.10. The van der Waals surface area contributed by atoms with Crippen LogP contribution in [0.4, 0.5) is 5.82 Å². The van der Waals surface area contributed by atoms with E-state index in [4.69, 9.17) is 10.5 Å². The number of aromatic nitrogens is 6. The molecule has 6 N–H and O–H groups in total. The number of hydrogen-bond donors (Lipinski definition) is 5. The van der Waals surface area contributed by atoms with Gasteiger partial charge in [0.2, 0.25) is 0 Å². The van der Waals surface area contributed by atoms with Gasteiger partial charge >= 0.3 is 0 Å². The minimum Gasteiger partial charge on any atom is -0.396 e. The average molecular weight is 404 g/mol. The highest BCUT2D eigenvalue weighted by molar-refractivity contribution is 5.93. The molecule has 0 aliphatic carbocycles.